The Bertz CT molecular complexity index is 767. The highest BCUT2D eigenvalue weighted by molar-refractivity contribution is 5.90. The van der Waals surface area contributed by atoms with Crippen LogP contribution in [-0.2, 0) is 0 Å². The number of nitrogens with one attached hydrogen (secondary N) is 1. The molecule has 2 N–H and O–H groups in total. The molecule has 0 aliphatic carbocycles. The van der Waals surface area contributed by atoms with Gasteiger partial charge in [-0.2, -0.15) is 0 Å². The summed E-state index contributed by atoms with van der Waals surface area (Å²) < 4.78 is 0. The van der Waals surface area contributed by atoms with Crippen LogP contribution in [0.1, 0.15) is 12.6 Å². The van der Waals surface area contributed by atoms with Crippen LogP contribution in [0.15, 0.2) is 36.4 Å². The molecule has 3 rings (SSSR count). The Balaban J connectivity index is 2.20. The first-order valence-electron chi connectivity index (χ1n) is 7.51. The van der Waals surface area contributed by atoms with Crippen molar-refractivity contribution in [1.82, 2.24) is 15.0 Å². The van der Waals surface area contributed by atoms with Crippen LogP contribution in [0.5, 0.6) is 0 Å². The molecule has 0 spiro atoms. The summed E-state index contributed by atoms with van der Waals surface area (Å²) in [5, 5.41) is 10.3. The molecule has 3 aromatic rings. The predicted molar refractivity (Wildman–Crippen MR) is 89.0 cm³/mol. The number of aromatic nitrogens is 3. The van der Waals surface area contributed by atoms with Crippen molar-refractivity contribution in [2.75, 3.05) is 24.6 Å². The lowest BCUT2D eigenvalue weighted by Gasteiger charge is -2.22. The van der Waals surface area contributed by atoms with Gasteiger partial charge in [0.15, 0.2) is 5.82 Å². The Morgan fingerprint density at radius 1 is 1.18 bits per heavy atom. The lowest BCUT2D eigenvalue weighted by molar-refractivity contribution is 0.302. The number of hydrogen-bond acceptors (Lipinski definition) is 4. The molecule has 114 valence electrons. The number of fused-ring (bicyclic) bond motifs is 1. The van der Waals surface area contributed by atoms with Crippen molar-refractivity contribution < 1.29 is 5.11 Å². The average Bonchev–Trinajstić information content (AvgIpc) is 2.93. The lowest BCUT2D eigenvalue weighted by atomic mass is 10.2. The summed E-state index contributed by atoms with van der Waals surface area (Å²) in [5.41, 5.74) is 2.87. The third-order valence-corrected chi connectivity index (χ3v) is 3.69. The van der Waals surface area contributed by atoms with E-state index in [1.165, 1.54) is 0 Å². The number of likely N-dealkylation sites (N-methyl/N-ethyl adjacent to an activating group) is 1. The molecular weight excluding hydrogens is 276 g/mol. The molecule has 0 bridgehead atoms. The fourth-order valence-electron chi connectivity index (χ4n) is 2.62. The highest BCUT2D eigenvalue weighted by atomic mass is 16.3. The molecule has 2 heterocycles. The number of H-pyrrole nitrogens is 1. The van der Waals surface area contributed by atoms with Gasteiger partial charge in [-0.1, -0.05) is 30.3 Å². The highest BCUT2D eigenvalue weighted by Gasteiger charge is 2.15. The summed E-state index contributed by atoms with van der Waals surface area (Å²) in [6.07, 6.45) is 0. The van der Waals surface area contributed by atoms with E-state index in [1.54, 1.807) is 0 Å². The number of nitrogens with zero attached hydrogens (tertiary/aromatic N) is 3. The largest absolute Gasteiger partial charge is 0.395 e. The molecule has 0 fully saturated rings. The molecule has 5 nitrogen and oxygen atoms in total. The molecule has 0 aliphatic heterocycles. The van der Waals surface area contributed by atoms with Crippen molar-refractivity contribution in [2.45, 2.75) is 13.8 Å². The van der Waals surface area contributed by atoms with Gasteiger partial charge in [-0.15, -0.1) is 0 Å². The molecule has 0 saturated heterocycles. The second-order valence-corrected chi connectivity index (χ2v) is 5.25. The monoisotopic (exact) mass is 296 g/mol. The molecular formula is C17H20N4O. The lowest BCUT2D eigenvalue weighted by Crippen LogP contribution is -2.27. The first-order chi connectivity index (χ1) is 10.7. The van der Waals surface area contributed by atoms with E-state index < -0.39 is 0 Å². The minimum Gasteiger partial charge on any atom is -0.395 e. The van der Waals surface area contributed by atoms with Crippen molar-refractivity contribution >= 4 is 16.9 Å². The third-order valence-electron chi connectivity index (χ3n) is 3.69. The molecule has 0 aliphatic rings. The number of hydrogen-bond donors (Lipinski definition) is 2. The quantitative estimate of drug-likeness (QED) is 0.760. The van der Waals surface area contributed by atoms with Crippen LogP contribution < -0.4 is 4.90 Å². The molecule has 2 aromatic heterocycles. The summed E-state index contributed by atoms with van der Waals surface area (Å²) in [4.78, 5) is 14.8. The Morgan fingerprint density at radius 3 is 2.64 bits per heavy atom. The summed E-state index contributed by atoms with van der Waals surface area (Å²) in [6.45, 7) is 5.51. The summed E-state index contributed by atoms with van der Waals surface area (Å²) in [6, 6.07) is 12.0. The van der Waals surface area contributed by atoms with Gasteiger partial charge in [0.05, 0.1) is 12.0 Å². The number of aliphatic hydroxyl groups excluding tert-OH is 1. The van der Waals surface area contributed by atoms with E-state index in [1.807, 2.05) is 37.3 Å². The molecule has 0 amide bonds. The van der Waals surface area contributed by atoms with Gasteiger partial charge in [0, 0.05) is 24.3 Å². The number of aliphatic hydroxyl groups is 1. The Morgan fingerprint density at radius 2 is 1.95 bits per heavy atom. The van der Waals surface area contributed by atoms with Gasteiger partial charge in [0.2, 0.25) is 0 Å². The zero-order valence-electron chi connectivity index (χ0n) is 12.9. The van der Waals surface area contributed by atoms with Crippen LogP contribution >= 0.6 is 0 Å². The van der Waals surface area contributed by atoms with Gasteiger partial charge < -0.3 is 15.0 Å². The van der Waals surface area contributed by atoms with Gasteiger partial charge in [-0.25, -0.2) is 9.97 Å². The maximum Gasteiger partial charge on any atom is 0.163 e. The van der Waals surface area contributed by atoms with E-state index in [0.717, 1.165) is 34.7 Å². The third kappa shape index (κ3) is 2.67. The van der Waals surface area contributed by atoms with Gasteiger partial charge in [0.1, 0.15) is 11.5 Å². The van der Waals surface area contributed by atoms with E-state index in [4.69, 9.17) is 4.98 Å². The average molecular weight is 296 g/mol. The summed E-state index contributed by atoms with van der Waals surface area (Å²) >= 11 is 0. The Kier molecular flexibility index (Phi) is 4.06. The Labute approximate surface area is 129 Å². The van der Waals surface area contributed by atoms with Crippen LogP contribution in [0.2, 0.25) is 0 Å². The predicted octanol–water partition coefficient (Wildman–Crippen LogP) is 2.75. The van der Waals surface area contributed by atoms with E-state index in [2.05, 4.69) is 27.9 Å². The van der Waals surface area contributed by atoms with Crippen molar-refractivity contribution in [3.05, 3.63) is 42.1 Å². The molecule has 0 atom stereocenters. The van der Waals surface area contributed by atoms with Crippen LogP contribution in [-0.4, -0.2) is 39.8 Å². The van der Waals surface area contributed by atoms with Crippen molar-refractivity contribution in [3.63, 3.8) is 0 Å². The summed E-state index contributed by atoms with van der Waals surface area (Å²) in [7, 11) is 0. The second-order valence-electron chi connectivity index (χ2n) is 5.25. The molecule has 0 radical (unpaired) electrons. The van der Waals surface area contributed by atoms with Crippen molar-refractivity contribution in [1.29, 1.82) is 0 Å². The fourth-order valence-corrected chi connectivity index (χ4v) is 2.62. The first kappa shape index (κ1) is 14.5. The Hall–Kier alpha value is -2.40. The van der Waals surface area contributed by atoms with E-state index in [9.17, 15) is 5.11 Å². The van der Waals surface area contributed by atoms with Crippen LogP contribution in [0.3, 0.4) is 0 Å². The van der Waals surface area contributed by atoms with E-state index >= 15 is 0 Å². The van der Waals surface area contributed by atoms with Crippen LogP contribution in [0.25, 0.3) is 22.4 Å². The number of benzene rings is 1. The van der Waals surface area contributed by atoms with E-state index in [0.29, 0.717) is 12.4 Å². The molecule has 22 heavy (non-hydrogen) atoms. The number of aromatic amines is 1. The van der Waals surface area contributed by atoms with Gasteiger partial charge in [-0.05, 0) is 19.9 Å². The number of rotatable bonds is 5. The SMILES string of the molecule is CCN(CCO)c1nc(-c2ccccc2)nc2[nH]c(C)cc12. The maximum absolute atomic E-state index is 9.30. The molecule has 5 heteroatoms. The maximum atomic E-state index is 9.30. The minimum atomic E-state index is 0.101. The first-order valence-corrected chi connectivity index (χ1v) is 7.51. The fraction of sp³-hybridized carbons (Fsp3) is 0.294. The smallest absolute Gasteiger partial charge is 0.163 e. The summed E-state index contributed by atoms with van der Waals surface area (Å²) in [5.74, 6) is 1.56. The van der Waals surface area contributed by atoms with E-state index in [-0.39, 0.29) is 6.61 Å². The second kappa shape index (κ2) is 6.15. The highest BCUT2D eigenvalue weighted by Crippen LogP contribution is 2.27. The van der Waals surface area contributed by atoms with Crippen molar-refractivity contribution in [2.24, 2.45) is 0 Å². The van der Waals surface area contributed by atoms with Crippen molar-refractivity contribution in [3.8, 4) is 11.4 Å². The molecule has 0 unspecified atom stereocenters. The zero-order chi connectivity index (χ0) is 15.5. The minimum absolute atomic E-state index is 0.101. The van der Waals surface area contributed by atoms with Crippen LogP contribution in [0, 0.1) is 6.92 Å². The van der Waals surface area contributed by atoms with Gasteiger partial charge in [0.25, 0.3) is 0 Å². The molecule has 1 aromatic carbocycles. The number of anilines is 1. The van der Waals surface area contributed by atoms with Crippen LogP contribution in [0.4, 0.5) is 5.82 Å². The number of aryl methyl sites for hydroxylation is 1. The topological polar surface area (TPSA) is 65.0 Å². The van der Waals surface area contributed by atoms with Gasteiger partial charge in [-0.3, -0.25) is 0 Å². The normalized spacial score (nSPS) is 11.0. The zero-order valence-corrected chi connectivity index (χ0v) is 12.9. The van der Waals surface area contributed by atoms with Gasteiger partial charge >= 0.3 is 0 Å². The standard InChI is InChI=1S/C17H20N4O/c1-3-21(9-10-22)17-14-11-12(2)18-16(14)19-15(20-17)13-7-5-4-6-8-13/h4-8,11,22H,3,9-10H2,1-2H3,(H,18,19,20). The molecule has 0 saturated carbocycles.